The van der Waals surface area contributed by atoms with E-state index in [-0.39, 0.29) is 10.8 Å². The van der Waals surface area contributed by atoms with Crippen molar-refractivity contribution in [2.24, 2.45) is 5.92 Å². The lowest BCUT2D eigenvalue weighted by atomic mass is 10.1. The summed E-state index contributed by atoms with van der Waals surface area (Å²) in [5.41, 5.74) is 1.04. The van der Waals surface area contributed by atoms with Crippen molar-refractivity contribution < 1.29 is 12.8 Å². The first kappa shape index (κ1) is 15.7. The minimum absolute atomic E-state index is 0.163. The number of halogens is 1. The number of hydrogen-bond acceptors (Lipinski definition) is 2. The molecule has 0 radical (unpaired) electrons. The van der Waals surface area contributed by atoms with Gasteiger partial charge in [0.05, 0.1) is 4.90 Å². The lowest BCUT2D eigenvalue weighted by Gasteiger charge is -2.13. The summed E-state index contributed by atoms with van der Waals surface area (Å²) in [6, 6.07) is 12.5. The minimum Gasteiger partial charge on any atom is -0.211 e. The largest absolute Gasteiger partial charge is 0.241 e. The van der Waals surface area contributed by atoms with E-state index in [1.54, 1.807) is 30.3 Å². The minimum atomic E-state index is -3.62. The standard InChI is InChI=1S/C16H18FNO2S/c1-12(2)11-18-21(19,20)16-9-4-3-8-15(16)13-6-5-7-14(17)10-13/h3-10,12,18H,11H2,1-2H3. The van der Waals surface area contributed by atoms with E-state index >= 15 is 0 Å². The van der Waals surface area contributed by atoms with Crippen molar-refractivity contribution in [3.05, 3.63) is 54.3 Å². The van der Waals surface area contributed by atoms with Crippen LogP contribution in [0.2, 0.25) is 0 Å². The van der Waals surface area contributed by atoms with Crippen molar-refractivity contribution in [3.8, 4) is 11.1 Å². The maximum atomic E-state index is 13.4. The van der Waals surface area contributed by atoms with Gasteiger partial charge in [-0.1, -0.05) is 44.2 Å². The Labute approximate surface area is 124 Å². The molecule has 2 rings (SSSR count). The molecular formula is C16H18FNO2S. The Kier molecular flexibility index (Phi) is 4.75. The molecule has 0 saturated heterocycles. The highest BCUT2D eigenvalue weighted by Crippen LogP contribution is 2.27. The third-order valence-electron chi connectivity index (χ3n) is 2.99. The van der Waals surface area contributed by atoms with Gasteiger partial charge in [-0.05, 0) is 29.7 Å². The fourth-order valence-electron chi connectivity index (χ4n) is 1.95. The van der Waals surface area contributed by atoms with Gasteiger partial charge in [-0.2, -0.15) is 0 Å². The summed E-state index contributed by atoms with van der Waals surface area (Å²) in [6.07, 6.45) is 0. The van der Waals surface area contributed by atoms with E-state index in [9.17, 15) is 12.8 Å². The average molecular weight is 307 g/mol. The van der Waals surface area contributed by atoms with E-state index in [2.05, 4.69) is 4.72 Å². The number of rotatable bonds is 5. The Bertz CT molecular complexity index is 727. The molecule has 0 aliphatic heterocycles. The summed E-state index contributed by atoms with van der Waals surface area (Å²) in [6.45, 7) is 4.22. The van der Waals surface area contributed by atoms with Gasteiger partial charge in [0.2, 0.25) is 10.0 Å². The molecule has 0 fully saturated rings. The molecule has 21 heavy (non-hydrogen) atoms. The zero-order valence-corrected chi connectivity index (χ0v) is 12.8. The summed E-state index contributed by atoms with van der Waals surface area (Å²) in [5, 5.41) is 0. The van der Waals surface area contributed by atoms with Crippen LogP contribution in [0.15, 0.2) is 53.4 Å². The molecule has 1 N–H and O–H groups in total. The summed E-state index contributed by atoms with van der Waals surface area (Å²) in [4.78, 5) is 0.163. The molecule has 0 unspecified atom stereocenters. The van der Waals surface area contributed by atoms with Crippen molar-refractivity contribution in [1.82, 2.24) is 4.72 Å². The second-order valence-electron chi connectivity index (χ2n) is 5.25. The van der Waals surface area contributed by atoms with E-state index in [1.807, 2.05) is 13.8 Å². The van der Waals surface area contributed by atoms with Gasteiger partial charge in [0.1, 0.15) is 5.82 Å². The number of sulfonamides is 1. The normalized spacial score (nSPS) is 11.8. The first-order valence-corrected chi connectivity index (χ1v) is 8.23. The highest BCUT2D eigenvalue weighted by atomic mass is 32.2. The van der Waals surface area contributed by atoms with Gasteiger partial charge in [-0.3, -0.25) is 0 Å². The average Bonchev–Trinajstić information content (AvgIpc) is 2.45. The molecule has 0 aliphatic carbocycles. The van der Waals surface area contributed by atoms with E-state index in [1.165, 1.54) is 18.2 Å². The van der Waals surface area contributed by atoms with Crippen LogP contribution >= 0.6 is 0 Å². The summed E-state index contributed by atoms with van der Waals surface area (Å²) in [5.74, 6) is -0.184. The van der Waals surface area contributed by atoms with Crippen LogP contribution in [0.3, 0.4) is 0 Å². The topological polar surface area (TPSA) is 46.2 Å². The smallest absolute Gasteiger partial charge is 0.211 e. The summed E-state index contributed by atoms with van der Waals surface area (Å²) in [7, 11) is -3.62. The molecule has 2 aromatic rings. The Morgan fingerprint density at radius 1 is 1.10 bits per heavy atom. The third kappa shape index (κ3) is 3.89. The number of nitrogens with one attached hydrogen (secondary N) is 1. The Morgan fingerprint density at radius 2 is 1.81 bits per heavy atom. The van der Waals surface area contributed by atoms with E-state index < -0.39 is 15.8 Å². The van der Waals surface area contributed by atoms with Crippen LogP contribution in [-0.2, 0) is 10.0 Å². The van der Waals surface area contributed by atoms with Gasteiger partial charge in [0, 0.05) is 12.1 Å². The van der Waals surface area contributed by atoms with Gasteiger partial charge in [0.25, 0.3) is 0 Å². The predicted octanol–water partition coefficient (Wildman–Crippen LogP) is 3.43. The Hall–Kier alpha value is -1.72. The van der Waals surface area contributed by atoms with Crippen molar-refractivity contribution in [1.29, 1.82) is 0 Å². The molecule has 0 heterocycles. The summed E-state index contributed by atoms with van der Waals surface area (Å²) < 4.78 is 40.8. The van der Waals surface area contributed by atoms with Crippen molar-refractivity contribution in [2.45, 2.75) is 18.7 Å². The van der Waals surface area contributed by atoms with E-state index in [0.717, 1.165) is 0 Å². The van der Waals surface area contributed by atoms with Crippen LogP contribution in [0.4, 0.5) is 4.39 Å². The van der Waals surface area contributed by atoms with Crippen LogP contribution in [0, 0.1) is 11.7 Å². The third-order valence-corrected chi connectivity index (χ3v) is 4.48. The van der Waals surface area contributed by atoms with Gasteiger partial charge in [-0.25, -0.2) is 17.5 Å². The van der Waals surface area contributed by atoms with Crippen LogP contribution < -0.4 is 4.72 Å². The molecule has 0 aromatic heterocycles. The number of benzene rings is 2. The van der Waals surface area contributed by atoms with Crippen molar-refractivity contribution in [2.75, 3.05) is 6.54 Å². The second kappa shape index (κ2) is 6.37. The highest BCUT2D eigenvalue weighted by Gasteiger charge is 2.19. The molecule has 112 valence electrons. The highest BCUT2D eigenvalue weighted by molar-refractivity contribution is 7.89. The van der Waals surface area contributed by atoms with Gasteiger partial charge in [0.15, 0.2) is 0 Å². The first-order chi connectivity index (χ1) is 9.90. The zero-order valence-electron chi connectivity index (χ0n) is 12.0. The first-order valence-electron chi connectivity index (χ1n) is 6.75. The molecule has 3 nitrogen and oxygen atoms in total. The van der Waals surface area contributed by atoms with Crippen LogP contribution in [0.25, 0.3) is 11.1 Å². The molecule has 0 spiro atoms. The zero-order chi connectivity index (χ0) is 15.5. The van der Waals surface area contributed by atoms with Crippen LogP contribution in [-0.4, -0.2) is 15.0 Å². The van der Waals surface area contributed by atoms with Gasteiger partial charge >= 0.3 is 0 Å². The SMILES string of the molecule is CC(C)CNS(=O)(=O)c1ccccc1-c1cccc(F)c1. The van der Waals surface area contributed by atoms with Gasteiger partial charge < -0.3 is 0 Å². The molecular weight excluding hydrogens is 289 g/mol. The van der Waals surface area contributed by atoms with Crippen LogP contribution in [0.5, 0.6) is 0 Å². The monoisotopic (exact) mass is 307 g/mol. The van der Waals surface area contributed by atoms with E-state index in [0.29, 0.717) is 17.7 Å². The quantitative estimate of drug-likeness (QED) is 0.920. The molecule has 0 atom stereocenters. The van der Waals surface area contributed by atoms with E-state index in [4.69, 9.17) is 0 Å². The predicted molar refractivity (Wildman–Crippen MR) is 81.9 cm³/mol. The molecule has 0 bridgehead atoms. The number of hydrogen-bond donors (Lipinski definition) is 1. The van der Waals surface area contributed by atoms with Gasteiger partial charge in [-0.15, -0.1) is 0 Å². The molecule has 0 amide bonds. The van der Waals surface area contributed by atoms with Crippen molar-refractivity contribution in [3.63, 3.8) is 0 Å². The Balaban J connectivity index is 2.46. The molecule has 5 heteroatoms. The van der Waals surface area contributed by atoms with Crippen LogP contribution in [0.1, 0.15) is 13.8 Å². The maximum Gasteiger partial charge on any atom is 0.241 e. The lowest BCUT2D eigenvalue weighted by molar-refractivity contribution is 0.560. The van der Waals surface area contributed by atoms with Crippen molar-refractivity contribution >= 4 is 10.0 Å². The molecule has 2 aromatic carbocycles. The molecule has 0 saturated carbocycles. The fourth-order valence-corrected chi connectivity index (χ4v) is 3.39. The second-order valence-corrected chi connectivity index (χ2v) is 6.99. The summed E-state index contributed by atoms with van der Waals surface area (Å²) >= 11 is 0. The maximum absolute atomic E-state index is 13.4. The Morgan fingerprint density at radius 3 is 2.48 bits per heavy atom. The lowest BCUT2D eigenvalue weighted by Crippen LogP contribution is -2.27. The molecule has 0 aliphatic rings. The fraction of sp³-hybridized carbons (Fsp3) is 0.250.